The number of alkyl carbamates (subject to hydrolysis) is 1. The maximum absolute atomic E-state index is 12.7. The van der Waals surface area contributed by atoms with Crippen molar-refractivity contribution >= 4 is 35.7 Å². The van der Waals surface area contributed by atoms with Gasteiger partial charge in [-0.15, -0.1) is 5.10 Å². The number of carboxylic acids is 1. The standard InChI is InChI=1S/C41H61N9O14/c1-27(52)45-35-31(46-40(42)43)22-33(39(56)57)63-37(35)36(32(53)24-51)64-41(58)44-13-6-4-2-3-5-7-16-61-26-30-23-49(48-47-30)15-17-59-18-19-60-20-21-62-25-28-8-10-29(11-9-28)38(55)50-14-12-34(50)54/h8-11,22-23,31-32,35-37,51,53H,2-7,12-21,24-26H2,1H3,(H,44,58)(H,45,52)(H,56,57)(H4,42,43,46)/t31-,32+,35+,36+,37+/m0/s1. The number of hydrogen-bond donors (Lipinski definition) is 7. The number of β-lactam (4-membered cyclic amide) rings is 1. The van der Waals surface area contributed by atoms with Crippen LogP contribution in [0.5, 0.6) is 0 Å². The molecule has 4 rings (SSSR count). The predicted octanol–water partition coefficient (Wildman–Crippen LogP) is -0.280. The molecule has 2 aliphatic heterocycles. The highest BCUT2D eigenvalue weighted by Gasteiger charge is 2.46. The number of aliphatic carboxylic acids is 1. The van der Waals surface area contributed by atoms with Gasteiger partial charge in [-0.3, -0.25) is 19.3 Å². The minimum atomic E-state index is -1.71. The fraction of sp³-hybridized carbons (Fsp3) is 0.610. The molecule has 1 saturated heterocycles. The molecule has 5 atom stereocenters. The smallest absolute Gasteiger partial charge is 0.407 e. The van der Waals surface area contributed by atoms with Crippen LogP contribution in [-0.4, -0.2) is 161 Å². The molecule has 0 saturated carbocycles. The molecule has 64 heavy (non-hydrogen) atoms. The third kappa shape index (κ3) is 17.4. The number of ether oxygens (including phenoxy) is 6. The number of aliphatic imine (C=N–C) groups is 1. The number of rotatable bonds is 30. The van der Waals surface area contributed by atoms with E-state index in [4.69, 9.17) is 39.9 Å². The number of nitrogens with two attached hydrogens (primary N) is 2. The number of carbonyl (C=O) groups is 5. The lowest BCUT2D eigenvalue weighted by Gasteiger charge is -2.39. The monoisotopic (exact) mass is 903 g/mol. The molecule has 4 amide bonds. The molecule has 354 valence electrons. The van der Waals surface area contributed by atoms with Crippen molar-refractivity contribution in [2.45, 2.75) is 102 Å². The average Bonchev–Trinajstić information content (AvgIpc) is 3.72. The molecule has 2 aliphatic rings. The first-order valence-corrected chi connectivity index (χ1v) is 21.2. The van der Waals surface area contributed by atoms with Gasteiger partial charge in [-0.25, -0.2) is 19.3 Å². The Morgan fingerprint density at radius 2 is 1.61 bits per heavy atom. The number of guanidine groups is 1. The minimum Gasteiger partial charge on any atom is -0.477 e. The largest absolute Gasteiger partial charge is 0.477 e. The maximum atomic E-state index is 12.7. The number of aromatic nitrogens is 3. The summed E-state index contributed by atoms with van der Waals surface area (Å²) in [6.07, 6.45) is 2.67. The number of likely N-dealkylation sites (tertiary alicyclic amines) is 1. The van der Waals surface area contributed by atoms with E-state index >= 15 is 0 Å². The zero-order valence-electron chi connectivity index (χ0n) is 36.0. The molecule has 23 heteroatoms. The predicted molar refractivity (Wildman–Crippen MR) is 225 cm³/mol. The summed E-state index contributed by atoms with van der Waals surface area (Å²) in [4.78, 5) is 65.4. The van der Waals surface area contributed by atoms with E-state index in [1.54, 1.807) is 16.8 Å². The highest BCUT2D eigenvalue weighted by atomic mass is 16.6. The van der Waals surface area contributed by atoms with Crippen molar-refractivity contribution in [2.75, 3.05) is 59.3 Å². The zero-order chi connectivity index (χ0) is 46.3. The Morgan fingerprint density at radius 3 is 2.25 bits per heavy atom. The fourth-order valence-electron chi connectivity index (χ4n) is 6.57. The number of carboxylic acid groups (broad SMARTS) is 1. The van der Waals surface area contributed by atoms with E-state index in [1.165, 1.54) is 11.8 Å². The van der Waals surface area contributed by atoms with Crippen LogP contribution in [0.4, 0.5) is 4.79 Å². The van der Waals surface area contributed by atoms with E-state index in [-0.39, 0.29) is 18.4 Å². The average molecular weight is 904 g/mol. The van der Waals surface area contributed by atoms with Crippen molar-refractivity contribution in [1.29, 1.82) is 0 Å². The number of imide groups is 1. The SMILES string of the molecule is CC(=O)N[C@H]1[C@H]([C@H](OC(=O)NCCCCCCCCOCc2cn(CCOCCOCCOCc3ccc(C(=O)N4CCC4=O)cc3)nn2)[C@H](O)CO)OC(C(=O)O)=C[C@@H]1N=C(N)N. The molecule has 1 fully saturated rings. The Bertz CT molecular complexity index is 1860. The number of aliphatic hydroxyl groups excluding tert-OH is 2. The van der Waals surface area contributed by atoms with Gasteiger partial charge in [0.15, 0.2) is 18.2 Å². The van der Waals surface area contributed by atoms with Crippen molar-refractivity contribution in [2.24, 2.45) is 16.5 Å². The van der Waals surface area contributed by atoms with Gasteiger partial charge in [-0.2, -0.15) is 0 Å². The van der Waals surface area contributed by atoms with Gasteiger partial charge < -0.3 is 65.8 Å². The van der Waals surface area contributed by atoms with Crippen molar-refractivity contribution in [3.63, 3.8) is 0 Å². The van der Waals surface area contributed by atoms with Crippen LogP contribution in [0.1, 0.15) is 73.5 Å². The molecule has 3 heterocycles. The van der Waals surface area contributed by atoms with Gasteiger partial charge in [0.05, 0.1) is 77.7 Å². The molecule has 0 radical (unpaired) electrons. The lowest BCUT2D eigenvalue weighted by atomic mass is 9.92. The topological polar surface area (TPSA) is 324 Å². The molecular weight excluding hydrogens is 842 g/mol. The molecule has 0 bridgehead atoms. The number of benzene rings is 1. The molecular formula is C41H61N9O14. The molecule has 1 aromatic heterocycles. The summed E-state index contributed by atoms with van der Waals surface area (Å²) < 4.78 is 35.2. The van der Waals surface area contributed by atoms with E-state index in [9.17, 15) is 39.3 Å². The first kappa shape index (κ1) is 50.9. The van der Waals surface area contributed by atoms with E-state index in [0.29, 0.717) is 84.3 Å². The Balaban J connectivity index is 0.979. The van der Waals surface area contributed by atoms with Crippen LogP contribution in [0.2, 0.25) is 0 Å². The number of nitrogens with zero attached hydrogens (tertiary/aromatic N) is 5. The first-order valence-electron chi connectivity index (χ1n) is 21.2. The fourth-order valence-corrected chi connectivity index (χ4v) is 6.57. The van der Waals surface area contributed by atoms with E-state index in [2.05, 4.69) is 25.9 Å². The van der Waals surface area contributed by atoms with Gasteiger partial charge >= 0.3 is 12.1 Å². The van der Waals surface area contributed by atoms with E-state index in [0.717, 1.165) is 49.4 Å². The van der Waals surface area contributed by atoms with Crippen molar-refractivity contribution in [3.05, 3.63) is 59.1 Å². The lowest BCUT2D eigenvalue weighted by Crippen LogP contribution is -2.61. The summed E-state index contributed by atoms with van der Waals surface area (Å²) in [5.41, 5.74) is 13.1. The number of nitrogens with one attached hydrogen (secondary N) is 2. The van der Waals surface area contributed by atoms with Crippen molar-refractivity contribution < 1.29 is 67.7 Å². The third-order valence-corrected chi connectivity index (χ3v) is 9.91. The number of aliphatic hydroxyl groups is 2. The number of hydrogen-bond acceptors (Lipinski definition) is 16. The Kier molecular flexibility index (Phi) is 21.9. The Labute approximate surface area is 370 Å². The molecule has 9 N–H and O–H groups in total. The van der Waals surface area contributed by atoms with Crippen LogP contribution in [0, 0.1) is 0 Å². The van der Waals surface area contributed by atoms with Crippen LogP contribution in [0.3, 0.4) is 0 Å². The highest BCUT2D eigenvalue weighted by molar-refractivity contribution is 6.07. The minimum absolute atomic E-state index is 0.142. The maximum Gasteiger partial charge on any atom is 0.407 e. The quantitative estimate of drug-likeness (QED) is 0.0174. The molecule has 2 aromatic rings. The summed E-state index contributed by atoms with van der Waals surface area (Å²) >= 11 is 0. The van der Waals surface area contributed by atoms with Crippen LogP contribution in [-0.2, 0) is 62.6 Å². The second kappa shape index (κ2) is 27.5. The lowest BCUT2D eigenvalue weighted by molar-refractivity contribution is -0.146. The Morgan fingerprint density at radius 1 is 0.938 bits per heavy atom. The molecule has 1 aromatic carbocycles. The number of carbonyl (C=O) groups excluding carboxylic acids is 4. The second-order valence-electron chi connectivity index (χ2n) is 15.0. The molecule has 0 spiro atoms. The molecule has 23 nitrogen and oxygen atoms in total. The third-order valence-electron chi connectivity index (χ3n) is 9.91. The summed E-state index contributed by atoms with van der Waals surface area (Å²) in [6, 6.07) is 4.70. The van der Waals surface area contributed by atoms with E-state index < -0.39 is 66.7 Å². The second-order valence-corrected chi connectivity index (χ2v) is 15.0. The van der Waals surface area contributed by atoms with Crippen LogP contribution in [0.15, 0.2) is 47.3 Å². The zero-order valence-corrected chi connectivity index (χ0v) is 36.0. The van der Waals surface area contributed by atoms with Gasteiger partial charge in [-0.1, -0.05) is 43.0 Å². The van der Waals surface area contributed by atoms with Gasteiger partial charge in [0.25, 0.3) is 5.91 Å². The first-order chi connectivity index (χ1) is 30.9. The molecule has 0 unspecified atom stereocenters. The van der Waals surface area contributed by atoms with Gasteiger partial charge in [0, 0.05) is 38.6 Å². The van der Waals surface area contributed by atoms with Crippen LogP contribution >= 0.6 is 0 Å². The number of amides is 4. The Hall–Kier alpha value is -5.72. The number of unbranched alkanes of at least 4 members (excludes halogenated alkanes) is 5. The van der Waals surface area contributed by atoms with Crippen molar-refractivity contribution in [1.82, 2.24) is 30.5 Å². The molecule has 0 aliphatic carbocycles. The summed E-state index contributed by atoms with van der Waals surface area (Å²) in [5.74, 6) is -3.48. The van der Waals surface area contributed by atoms with Crippen molar-refractivity contribution in [3.8, 4) is 0 Å². The van der Waals surface area contributed by atoms with Gasteiger partial charge in [-0.05, 0) is 36.6 Å². The highest BCUT2D eigenvalue weighted by Crippen LogP contribution is 2.27. The van der Waals surface area contributed by atoms with Gasteiger partial charge in [0.2, 0.25) is 17.6 Å². The normalized spacial score (nSPS) is 17.9. The van der Waals surface area contributed by atoms with E-state index in [1.807, 2.05) is 18.3 Å². The van der Waals surface area contributed by atoms with Crippen LogP contribution in [0.25, 0.3) is 0 Å². The van der Waals surface area contributed by atoms with Crippen LogP contribution < -0.4 is 22.1 Å². The summed E-state index contributed by atoms with van der Waals surface area (Å²) in [6.45, 7) is 4.97. The summed E-state index contributed by atoms with van der Waals surface area (Å²) in [7, 11) is 0. The van der Waals surface area contributed by atoms with Gasteiger partial charge in [0.1, 0.15) is 11.8 Å². The summed E-state index contributed by atoms with van der Waals surface area (Å²) in [5, 5.41) is 43.2.